The Kier molecular flexibility index (Phi) is 2.77. The molecule has 0 saturated carbocycles. The molecular weight excluding hydrogens is 255 g/mol. The molecule has 70 valence electrons. The average Bonchev–Trinajstić information content (AvgIpc) is 2.86. The Morgan fingerprint density at radius 3 is 3.00 bits per heavy atom. The van der Waals surface area contributed by atoms with Gasteiger partial charge in [0.05, 0.1) is 11.1 Å². The smallest absolute Gasteiger partial charge is 0.133 e. The lowest BCUT2D eigenvalue weighted by Crippen LogP contribution is -2.04. The standard InChI is InChI=1S/C9H8BrClO2/c10-8-3-6(11)1-2-9(8)13-5-7-4-12-7/h1-3,7H,4-5H2/t7-/m1/s1. The van der Waals surface area contributed by atoms with E-state index in [1.54, 1.807) is 6.07 Å². The minimum atomic E-state index is 0.280. The highest BCUT2D eigenvalue weighted by molar-refractivity contribution is 9.10. The van der Waals surface area contributed by atoms with Crippen molar-refractivity contribution in [1.82, 2.24) is 0 Å². The third-order valence-corrected chi connectivity index (χ3v) is 2.58. The van der Waals surface area contributed by atoms with Crippen molar-refractivity contribution in [2.24, 2.45) is 0 Å². The van der Waals surface area contributed by atoms with Gasteiger partial charge in [0.1, 0.15) is 18.5 Å². The van der Waals surface area contributed by atoms with Gasteiger partial charge in [-0.25, -0.2) is 0 Å². The first-order valence-electron chi connectivity index (χ1n) is 3.95. The van der Waals surface area contributed by atoms with Crippen LogP contribution >= 0.6 is 27.5 Å². The van der Waals surface area contributed by atoms with Gasteiger partial charge in [0.15, 0.2) is 0 Å². The Morgan fingerprint density at radius 2 is 2.38 bits per heavy atom. The average molecular weight is 264 g/mol. The van der Waals surface area contributed by atoms with Crippen LogP contribution in [0.25, 0.3) is 0 Å². The van der Waals surface area contributed by atoms with Crippen LogP contribution in [0.3, 0.4) is 0 Å². The van der Waals surface area contributed by atoms with Crippen molar-refractivity contribution in [3.63, 3.8) is 0 Å². The van der Waals surface area contributed by atoms with Crippen LogP contribution in [0.4, 0.5) is 0 Å². The normalized spacial score (nSPS) is 20.0. The van der Waals surface area contributed by atoms with Crippen molar-refractivity contribution < 1.29 is 9.47 Å². The second-order valence-electron chi connectivity index (χ2n) is 2.84. The number of epoxide rings is 1. The number of halogens is 2. The molecule has 0 aliphatic carbocycles. The highest BCUT2D eigenvalue weighted by Gasteiger charge is 2.23. The summed E-state index contributed by atoms with van der Waals surface area (Å²) in [7, 11) is 0. The summed E-state index contributed by atoms with van der Waals surface area (Å²) < 4.78 is 11.4. The van der Waals surface area contributed by atoms with Crippen molar-refractivity contribution in [2.75, 3.05) is 13.2 Å². The first kappa shape index (κ1) is 9.31. The van der Waals surface area contributed by atoms with Crippen LogP contribution < -0.4 is 4.74 Å². The lowest BCUT2D eigenvalue weighted by atomic mass is 10.3. The molecule has 0 radical (unpaired) electrons. The zero-order valence-electron chi connectivity index (χ0n) is 6.80. The van der Waals surface area contributed by atoms with Gasteiger partial charge >= 0.3 is 0 Å². The first-order valence-corrected chi connectivity index (χ1v) is 5.12. The zero-order valence-corrected chi connectivity index (χ0v) is 9.14. The molecule has 2 nitrogen and oxygen atoms in total. The number of hydrogen-bond acceptors (Lipinski definition) is 2. The van der Waals surface area contributed by atoms with Crippen molar-refractivity contribution in [2.45, 2.75) is 6.10 Å². The van der Waals surface area contributed by atoms with Gasteiger partial charge < -0.3 is 9.47 Å². The van der Waals surface area contributed by atoms with Gasteiger partial charge in [-0.15, -0.1) is 0 Å². The second-order valence-corrected chi connectivity index (χ2v) is 4.13. The summed E-state index contributed by atoms with van der Waals surface area (Å²) in [4.78, 5) is 0. The molecule has 0 amide bonds. The molecule has 1 aromatic carbocycles. The molecule has 4 heteroatoms. The summed E-state index contributed by atoms with van der Waals surface area (Å²) in [5.41, 5.74) is 0. The van der Waals surface area contributed by atoms with E-state index >= 15 is 0 Å². The lowest BCUT2D eigenvalue weighted by molar-refractivity contribution is 0.262. The van der Waals surface area contributed by atoms with Crippen molar-refractivity contribution in [3.05, 3.63) is 27.7 Å². The zero-order chi connectivity index (χ0) is 9.26. The number of rotatable bonds is 3. The minimum Gasteiger partial charge on any atom is -0.490 e. The van der Waals surface area contributed by atoms with Gasteiger partial charge in [-0.1, -0.05) is 11.6 Å². The lowest BCUT2D eigenvalue weighted by Gasteiger charge is -2.06. The van der Waals surface area contributed by atoms with Crippen LogP contribution in [0.1, 0.15) is 0 Å². The maximum absolute atomic E-state index is 5.78. The molecule has 13 heavy (non-hydrogen) atoms. The van der Waals surface area contributed by atoms with Gasteiger partial charge in [0.25, 0.3) is 0 Å². The van der Waals surface area contributed by atoms with E-state index in [0.29, 0.717) is 11.6 Å². The molecular formula is C9H8BrClO2. The Morgan fingerprint density at radius 1 is 1.62 bits per heavy atom. The number of ether oxygens (including phenoxy) is 2. The molecule has 0 aromatic heterocycles. The van der Waals surface area contributed by atoms with Crippen molar-refractivity contribution >= 4 is 27.5 Å². The SMILES string of the molecule is Clc1ccc(OC[C@H]2CO2)c(Br)c1. The van der Waals surface area contributed by atoms with Crippen LogP contribution in [-0.4, -0.2) is 19.3 Å². The van der Waals surface area contributed by atoms with Gasteiger partial charge in [0, 0.05) is 5.02 Å². The monoisotopic (exact) mass is 262 g/mol. The van der Waals surface area contributed by atoms with Crippen molar-refractivity contribution in [3.8, 4) is 5.75 Å². The molecule has 0 unspecified atom stereocenters. The van der Waals surface area contributed by atoms with Gasteiger partial charge in [-0.2, -0.15) is 0 Å². The van der Waals surface area contributed by atoms with Crippen LogP contribution in [0.2, 0.25) is 5.02 Å². The number of benzene rings is 1. The third-order valence-electron chi connectivity index (χ3n) is 1.72. The van der Waals surface area contributed by atoms with E-state index in [9.17, 15) is 0 Å². The molecule has 0 spiro atoms. The van der Waals surface area contributed by atoms with Crippen LogP contribution in [-0.2, 0) is 4.74 Å². The summed E-state index contributed by atoms with van der Waals surface area (Å²) in [5.74, 6) is 0.805. The summed E-state index contributed by atoms with van der Waals surface area (Å²) in [5, 5.41) is 0.696. The second kappa shape index (κ2) is 3.86. The minimum absolute atomic E-state index is 0.280. The molecule has 1 aliphatic rings. The van der Waals surface area contributed by atoms with E-state index in [4.69, 9.17) is 21.1 Å². The predicted molar refractivity (Wildman–Crippen MR) is 54.4 cm³/mol. The molecule has 1 saturated heterocycles. The van der Waals surface area contributed by atoms with Gasteiger partial charge in [-0.05, 0) is 34.1 Å². The maximum Gasteiger partial charge on any atom is 0.133 e. The molecule has 1 aromatic rings. The molecule has 1 heterocycles. The fraction of sp³-hybridized carbons (Fsp3) is 0.333. The Bertz CT molecular complexity index is 312. The van der Waals surface area contributed by atoms with Crippen LogP contribution in [0.5, 0.6) is 5.75 Å². The fourth-order valence-electron chi connectivity index (χ4n) is 0.939. The summed E-state index contributed by atoms with van der Waals surface area (Å²) >= 11 is 9.15. The van der Waals surface area contributed by atoms with E-state index in [0.717, 1.165) is 16.8 Å². The Balaban J connectivity index is 2.01. The van der Waals surface area contributed by atoms with Crippen LogP contribution in [0, 0.1) is 0 Å². The highest BCUT2D eigenvalue weighted by Crippen LogP contribution is 2.28. The van der Waals surface area contributed by atoms with E-state index < -0.39 is 0 Å². The predicted octanol–water partition coefficient (Wildman–Crippen LogP) is 2.88. The molecule has 1 atom stereocenters. The Labute approximate surface area is 89.9 Å². The van der Waals surface area contributed by atoms with Crippen molar-refractivity contribution in [1.29, 1.82) is 0 Å². The summed E-state index contributed by atoms with van der Waals surface area (Å²) in [6.07, 6.45) is 0.280. The van der Waals surface area contributed by atoms with Gasteiger partial charge in [0.2, 0.25) is 0 Å². The molecule has 1 fully saturated rings. The quantitative estimate of drug-likeness (QED) is 0.782. The van der Waals surface area contributed by atoms with E-state index in [-0.39, 0.29) is 6.10 Å². The third kappa shape index (κ3) is 2.59. The fourth-order valence-corrected chi connectivity index (χ4v) is 1.74. The maximum atomic E-state index is 5.78. The number of hydrogen-bond donors (Lipinski definition) is 0. The molecule has 2 rings (SSSR count). The topological polar surface area (TPSA) is 21.8 Å². The summed E-state index contributed by atoms with van der Waals surface area (Å²) in [6, 6.07) is 5.45. The summed E-state index contributed by atoms with van der Waals surface area (Å²) in [6.45, 7) is 1.42. The first-order chi connectivity index (χ1) is 6.25. The Hall–Kier alpha value is -0.250. The van der Waals surface area contributed by atoms with E-state index in [1.165, 1.54) is 0 Å². The van der Waals surface area contributed by atoms with Crippen LogP contribution in [0.15, 0.2) is 22.7 Å². The van der Waals surface area contributed by atoms with E-state index in [2.05, 4.69) is 15.9 Å². The highest BCUT2D eigenvalue weighted by atomic mass is 79.9. The molecule has 0 N–H and O–H groups in total. The molecule has 0 bridgehead atoms. The molecule has 1 aliphatic heterocycles. The van der Waals surface area contributed by atoms with Gasteiger partial charge in [-0.3, -0.25) is 0 Å². The van der Waals surface area contributed by atoms with E-state index in [1.807, 2.05) is 12.1 Å². The largest absolute Gasteiger partial charge is 0.490 e.